The monoisotopic (exact) mass is 390 g/mol. The molecular formula is C19H31BN4O4. The molecule has 154 valence electrons. The molecule has 1 fully saturated rings. The molecular weight excluding hydrogens is 359 g/mol. The van der Waals surface area contributed by atoms with Crippen molar-refractivity contribution in [3.05, 3.63) is 29.4 Å². The molecule has 0 bridgehead atoms. The van der Waals surface area contributed by atoms with Crippen LogP contribution in [0.1, 0.15) is 54.2 Å². The van der Waals surface area contributed by atoms with Gasteiger partial charge < -0.3 is 24.8 Å². The van der Waals surface area contributed by atoms with Crippen LogP contribution in [0.4, 0.5) is 10.6 Å². The molecule has 1 amide bonds. The number of pyridine rings is 1. The molecule has 0 spiro atoms. The number of hydrazine groups is 1. The van der Waals surface area contributed by atoms with Gasteiger partial charge >= 0.3 is 13.2 Å². The van der Waals surface area contributed by atoms with Crippen molar-refractivity contribution in [1.29, 1.82) is 0 Å². The number of carbonyl (C=O) groups is 1. The molecule has 1 aliphatic rings. The van der Waals surface area contributed by atoms with Crippen LogP contribution in [-0.4, -0.2) is 41.5 Å². The lowest BCUT2D eigenvalue weighted by Gasteiger charge is -2.32. The zero-order valence-electron chi connectivity index (χ0n) is 17.8. The van der Waals surface area contributed by atoms with Gasteiger partial charge in [-0.1, -0.05) is 6.07 Å². The topological polar surface area (TPSA) is 108 Å². The molecule has 4 N–H and O–H groups in total. The average Bonchev–Trinajstić information content (AvgIpc) is 2.77. The predicted molar refractivity (Wildman–Crippen MR) is 110 cm³/mol. The minimum absolute atomic E-state index is 0.188. The van der Waals surface area contributed by atoms with Crippen molar-refractivity contribution in [3.8, 4) is 0 Å². The minimum atomic E-state index is -0.628. The quantitative estimate of drug-likeness (QED) is 0.403. The van der Waals surface area contributed by atoms with Crippen LogP contribution in [0, 0.1) is 0 Å². The Labute approximate surface area is 167 Å². The first-order valence-corrected chi connectivity index (χ1v) is 9.30. The summed E-state index contributed by atoms with van der Waals surface area (Å²) in [6, 6.07) is 5.42. The summed E-state index contributed by atoms with van der Waals surface area (Å²) in [7, 11) is -0.628. The minimum Gasteiger partial charge on any atom is -0.444 e. The number of amides is 1. The highest BCUT2D eigenvalue weighted by atomic mass is 16.7. The van der Waals surface area contributed by atoms with Crippen LogP contribution in [0.5, 0.6) is 0 Å². The first-order chi connectivity index (χ1) is 12.8. The van der Waals surface area contributed by atoms with Crippen molar-refractivity contribution in [2.24, 2.45) is 5.84 Å². The molecule has 0 atom stereocenters. The van der Waals surface area contributed by atoms with Crippen LogP contribution in [0.3, 0.4) is 0 Å². The fraction of sp³-hybridized carbons (Fsp3) is 0.579. The standard InChI is InChI=1S/C19H31BN4O4/c1-17(2,3)26-16(25)22-12-13(11-14-9-8-10-15(23-14)24-21)20-27-18(4,5)19(6,7)28-20/h8-11H,12,21H2,1-7H3,(H,22,25)(H,23,24). The van der Waals surface area contributed by atoms with E-state index >= 15 is 0 Å². The number of nitrogens with zero attached hydrogens (tertiary/aromatic N) is 1. The molecule has 2 rings (SSSR count). The van der Waals surface area contributed by atoms with E-state index in [9.17, 15) is 4.79 Å². The van der Waals surface area contributed by atoms with E-state index in [4.69, 9.17) is 19.9 Å². The average molecular weight is 390 g/mol. The molecule has 0 aromatic carbocycles. The number of hydrogen-bond acceptors (Lipinski definition) is 7. The van der Waals surface area contributed by atoms with Gasteiger partial charge in [-0.05, 0) is 72.1 Å². The number of anilines is 1. The highest BCUT2D eigenvalue weighted by Crippen LogP contribution is 2.38. The van der Waals surface area contributed by atoms with E-state index in [1.807, 2.05) is 66.7 Å². The number of nitrogens with one attached hydrogen (secondary N) is 2. The molecule has 1 aliphatic heterocycles. The Morgan fingerprint density at radius 1 is 1.25 bits per heavy atom. The highest BCUT2D eigenvalue weighted by molar-refractivity contribution is 6.56. The number of carbonyl (C=O) groups excluding carboxylic acids is 1. The van der Waals surface area contributed by atoms with Gasteiger partial charge in [0.2, 0.25) is 0 Å². The van der Waals surface area contributed by atoms with Crippen LogP contribution >= 0.6 is 0 Å². The number of hydrogen-bond donors (Lipinski definition) is 3. The lowest BCUT2D eigenvalue weighted by molar-refractivity contribution is 0.00578. The fourth-order valence-corrected chi connectivity index (χ4v) is 2.49. The molecule has 0 radical (unpaired) electrons. The number of aromatic nitrogens is 1. The normalized spacial score (nSPS) is 18.7. The first-order valence-electron chi connectivity index (χ1n) is 9.30. The summed E-state index contributed by atoms with van der Waals surface area (Å²) >= 11 is 0. The molecule has 1 saturated heterocycles. The summed E-state index contributed by atoms with van der Waals surface area (Å²) in [4.78, 5) is 16.5. The maximum atomic E-state index is 12.1. The largest absolute Gasteiger partial charge is 0.492 e. The second-order valence-electron chi connectivity index (χ2n) is 8.75. The van der Waals surface area contributed by atoms with Gasteiger partial charge in [0.25, 0.3) is 0 Å². The smallest absolute Gasteiger partial charge is 0.444 e. The number of nitrogens with two attached hydrogens (primary N) is 1. The number of nitrogen functional groups attached to an aromatic ring is 1. The summed E-state index contributed by atoms with van der Waals surface area (Å²) in [6.45, 7) is 13.5. The highest BCUT2D eigenvalue weighted by Gasteiger charge is 2.52. The van der Waals surface area contributed by atoms with Crippen molar-refractivity contribution in [2.75, 3.05) is 12.0 Å². The number of rotatable bonds is 5. The SMILES string of the molecule is CC(C)(C)OC(=O)NCC(=Cc1cccc(NN)n1)B1OC(C)(C)C(C)(C)O1. The molecule has 2 heterocycles. The van der Waals surface area contributed by atoms with Crippen molar-refractivity contribution >= 4 is 25.1 Å². The summed E-state index contributed by atoms with van der Waals surface area (Å²) < 4.78 is 17.6. The lowest BCUT2D eigenvalue weighted by Crippen LogP contribution is -2.41. The van der Waals surface area contributed by atoms with Gasteiger partial charge in [-0.2, -0.15) is 0 Å². The summed E-state index contributed by atoms with van der Waals surface area (Å²) in [6.07, 6.45) is 1.31. The predicted octanol–water partition coefficient (Wildman–Crippen LogP) is 2.91. The third-order valence-corrected chi connectivity index (χ3v) is 4.64. The van der Waals surface area contributed by atoms with Gasteiger partial charge in [0.05, 0.1) is 16.9 Å². The van der Waals surface area contributed by atoms with Crippen molar-refractivity contribution in [3.63, 3.8) is 0 Å². The van der Waals surface area contributed by atoms with E-state index in [1.54, 1.807) is 6.07 Å². The Bertz CT molecular complexity index is 728. The fourth-order valence-electron chi connectivity index (χ4n) is 2.49. The van der Waals surface area contributed by atoms with Crippen LogP contribution < -0.4 is 16.6 Å². The second kappa shape index (κ2) is 8.10. The molecule has 9 heteroatoms. The summed E-state index contributed by atoms with van der Waals surface area (Å²) in [5.74, 6) is 5.97. The summed E-state index contributed by atoms with van der Waals surface area (Å²) in [5.41, 5.74) is 2.30. The maximum Gasteiger partial charge on any atom is 0.492 e. The van der Waals surface area contributed by atoms with Gasteiger partial charge in [-0.3, -0.25) is 0 Å². The molecule has 0 unspecified atom stereocenters. The third kappa shape index (κ3) is 5.70. The molecule has 1 aromatic heterocycles. The molecule has 0 aliphatic carbocycles. The lowest BCUT2D eigenvalue weighted by atomic mass is 9.77. The van der Waals surface area contributed by atoms with E-state index in [2.05, 4.69) is 15.7 Å². The zero-order valence-corrected chi connectivity index (χ0v) is 17.8. The van der Waals surface area contributed by atoms with Crippen LogP contribution in [-0.2, 0) is 14.0 Å². The first kappa shape index (κ1) is 22.2. The Hall–Kier alpha value is -2.10. The van der Waals surface area contributed by atoms with E-state index in [-0.39, 0.29) is 6.54 Å². The molecule has 0 saturated carbocycles. The summed E-state index contributed by atoms with van der Waals surface area (Å²) in [5, 5.41) is 2.76. The van der Waals surface area contributed by atoms with E-state index in [0.717, 1.165) is 0 Å². The Morgan fingerprint density at radius 2 is 1.86 bits per heavy atom. The second-order valence-corrected chi connectivity index (χ2v) is 8.75. The molecule has 8 nitrogen and oxygen atoms in total. The zero-order chi connectivity index (χ0) is 21.2. The van der Waals surface area contributed by atoms with Gasteiger partial charge in [-0.15, -0.1) is 0 Å². The Balaban J connectivity index is 2.26. The maximum absolute atomic E-state index is 12.1. The van der Waals surface area contributed by atoms with Gasteiger partial charge in [0.15, 0.2) is 0 Å². The van der Waals surface area contributed by atoms with E-state index < -0.39 is 30.0 Å². The number of ether oxygens (including phenoxy) is 1. The van der Waals surface area contributed by atoms with Crippen LogP contribution in [0.2, 0.25) is 0 Å². The van der Waals surface area contributed by atoms with E-state index in [1.165, 1.54) is 0 Å². The Morgan fingerprint density at radius 3 is 2.39 bits per heavy atom. The molecule has 28 heavy (non-hydrogen) atoms. The Kier molecular flexibility index (Phi) is 6.42. The van der Waals surface area contributed by atoms with Gasteiger partial charge in [0.1, 0.15) is 11.4 Å². The van der Waals surface area contributed by atoms with Crippen molar-refractivity contribution < 1.29 is 18.8 Å². The molecule has 1 aromatic rings. The third-order valence-electron chi connectivity index (χ3n) is 4.64. The van der Waals surface area contributed by atoms with Crippen LogP contribution in [0.15, 0.2) is 23.7 Å². The van der Waals surface area contributed by atoms with Crippen molar-refractivity contribution in [2.45, 2.75) is 65.3 Å². The van der Waals surface area contributed by atoms with Gasteiger partial charge in [0, 0.05) is 6.54 Å². The number of alkyl carbamates (subject to hydrolysis) is 1. The van der Waals surface area contributed by atoms with Crippen LogP contribution in [0.25, 0.3) is 6.08 Å². The van der Waals surface area contributed by atoms with Crippen molar-refractivity contribution in [1.82, 2.24) is 10.3 Å². The van der Waals surface area contributed by atoms with Gasteiger partial charge in [-0.25, -0.2) is 15.6 Å². The van der Waals surface area contributed by atoms with E-state index in [0.29, 0.717) is 17.0 Å².